The van der Waals surface area contributed by atoms with Crippen LogP contribution in [-0.4, -0.2) is 44.0 Å². The van der Waals surface area contributed by atoms with Gasteiger partial charge in [0.05, 0.1) is 5.54 Å². The standard InChI is InChI=1S/C27H29FN4O5/c1-17(25(35)36)32-14-13-31-24(34)22(37-16-19-7-5-4-6-8-19)21(30-26(31)27(32,2)3)23(33)29-15-18-9-11-20(28)12-10-18/h4-12,17H,13-16H2,1-3H3,(H,29,33)(H,35,36). The molecular weight excluding hydrogens is 479 g/mol. The fourth-order valence-corrected chi connectivity index (χ4v) is 4.52. The maximum Gasteiger partial charge on any atom is 0.320 e. The van der Waals surface area contributed by atoms with E-state index in [9.17, 15) is 23.9 Å². The van der Waals surface area contributed by atoms with Crippen molar-refractivity contribution in [3.8, 4) is 5.75 Å². The zero-order valence-corrected chi connectivity index (χ0v) is 20.9. The van der Waals surface area contributed by atoms with E-state index in [1.54, 1.807) is 37.8 Å². The molecule has 194 valence electrons. The number of halogens is 1. The topological polar surface area (TPSA) is 114 Å². The van der Waals surface area contributed by atoms with Gasteiger partial charge in [-0.2, -0.15) is 0 Å². The summed E-state index contributed by atoms with van der Waals surface area (Å²) in [5.41, 5.74) is -0.183. The minimum Gasteiger partial charge on any atom is -0.481 e. The highest BCUT2D eigenvalue weighted by molar-refractivity contribution is 5.94. The zero-order chi connectivity index (χ0) is 26.7. The summed E-state index contributed by atoms with van der Waals surface area (Å²) < 4.78 is 20.6. The molecule has 1 unspecified atom stereocenters. The van der Waals surface area contributed by atoms with Crippen molar-refractivity contribution in [2.45, 2.75) is 52.0 Å². The Hall–Kier alpha value is -4.05. The van der Waals surface area contributed by atoms with Gasteiger partial charge in [-0.25, -0.2) is 9.37 Å². The Bertz CT molecular complexity index is 1360. The van der Waals surface area contributed by atoms with Gasteiger partial charge in [-0.05, 0) is 44.0 Å². The fraction of sp³-hybridized carbons (Fsp3) is 0.333. The molecule has 1 atom stereocenters. The van der Waals surface area contributed by atoms with E-state index in [2.05, 4.69) is 10.3 Å². The highest BCUT2D eigenvalue weighted by atomic mass is 19.1. The van der Waals surface area contributed by atoms with Crippen molar-refractivity contribution in [2.24, 2.45) is 0 Å². The Morgan fingerprint density at radius 3 is 2.43 bits per heavy atom. The fourth-order valence-electron chi connectivity index (χ4n) is 4.52. The number of carbonyl (C=O) groups is 2. The Kier molecular flexibility index (Phi) is 7.40. The summed E-state index contributed by atoms with van der Waals surface area (Å²) in [6.07, 6.45) is 0. The first kappa shape index (κ1) is 26.0. The van der Waals surface area contributed by atoms with Gasteiger partial charge < -0.3 is 15.2 Å². The minimum atomic E-state index is -0.996. The second-order valence-electron chi connectivity index (χ2n) is 9.42. The van der Waals surface area contributed by atoms with Gasteiger partial charge in [0.2, 0.25) is 5.75 Å². The van der Waals surface area contributed by atoms with Crippen LogP contribution in [0.5, 0.6) is 5.75 Å². The lowest BCUT2D eigenvalue weighted by Crippen LogP contribution is -2.57. The SMILES string of the molecule is CC(C(=O)O)N1CCn2c(nc(C(=O)NCc3ccc(F)cc3)c(OCc3ccccc3)c2=O)C1(C)C. The molecule has 1 amide bonds. The van der Waals surface area contributed by atoms with Crippen molar-refractivity contribution in [1.29, 1.82) is 0 Å². The molecule has 1 aromatic heterocycles. The molecule has 2 N–H and O–H groups in total. The van der Waals surface area contributed by atoms with E-state index in [0.29, 0.717) is 12.1 Å². The van der Waals surface area contributed by atoms with Gasteiger partial charge in [0.1, 0.15) is 24.3 Å². The Morgan fingerprint density at radius 1 is 1.11 bits per heavy atom. The van der Waals surface area contributed by atoms with Crippen LogP contribution in [-0.2, 0) is 30.0 Å². The molecule has 0 spiro atoms. The van der Waals surface area contributed by atoms with Crippen LogP contribution in [0.15, 0.2) is 59.4 Å². The van der Waals surface area contributed by atoms with Crippen LogP contribution in [0.3, 0.4) is 0 Å². The summed E-state index contributed by atoms with van der Waals surface area (Å²) in [5, 5.41) is 12.3. The van der Waals surface area contributed by atoms with Gasteiger partial charge in [-0.15, -0.1) is 0 Å². The first-order valence-corrected chi connectivity index (χ1v) is 11.9. The molecular formula is C27H29FN4O5. The van der Waals surface area contributed by atoms with Gasteiger partial charge in [0.25, 0.3) is 11.5 Å². The lowest BCUT2D eigenvalue weighted by Gasteiger charge is -2.45. The van der Waals surface area contributed by atoms with Crippen molar-refractivity contribution in [3.05, 3.63) is 93.4 Å². The molecule has 3 aromatic rings. The van der Waals surface area contributed by atoms with Crippen LogP contribution in [0.4, 0.5) is 4.39 Å². The second kappa shape index (κ2) is 10.5. The average molecular weight is 509 g/mol. The molecule has 9 nitrogen and oxygen atoms in total. The number of carboxylic acid groups (broad SMARTS) is 1. The van der Waals surface area contributed by atoms with Crippen LogP contribution in [0.25, 0.3) is 0 Å². The van der Waals surface area contributed by atoms with E-state index in [0.717, 1.165) is 5.56 Å². The molecule has 0 saturated carbocycles. The molecule has 4 rings (SSSR count). The Morgan fingerprint density at radius 2 is 1.78 bits per heavy atom. The van der Waals surface area contributed by atoms with Crippen LogP contribution in [0, 0.1) is 5.82 Å². The maximum atomic E-state index is 13.6. The quantitative estimate of drug-likeness (QED) is 0.481. The maximum absolute atomic E-state index is 13.6. The third kappa shape index (κ3) is 5.39. The summed E-state index contributed by atoms with van der Waals surface area (Å²) in [5.74, 6) is -1.93. The molecule has 0 bridgehead atoms. The summed E-state index contributed by atoms with van der Waals surface area (Å²) >= 11 is 0. The molecule has 1 aliphatic rings. The predicted molar refractivity (Wildman–Crippen MR) is 134 cm³/mol. The number of nitrogens with one attached hydrogen (secondary N) is 1. The summed E-state index contributed by atoms with van der Waals surface area (Å²) in [4.78, 5) is 45.0. The minimum absolute atomic E-state index is 0.0565. The van der Waals surface area contributed by atoms with Crippen LogP contribution >= 0.6 is 0 Å². The van der Waals surface area contributed by atoms with Gasteiger partial charge in [0.15, 0.2) is 5.69 Å². The predicted octanol–water partition coefficient (Wildman–Crippen LogP) is 2.92. The van der Waals surface area contributed by atoms with Gasteiger partial charge >= 0.3 is 5.97 Å². The number of benzene rings is 2. The smallest absolute Gasteiger partial charge is 0.320 e. The number of ether oxygens (including phenoxy) is 1. The molecule has 1 aliphatic heterocycles. The number of aromatic nitrogens is 2. The summed E-state index contributed by atoms with van der Waals surface area (Å²) in [6, 6.07) is 14.1. The number of rotatable bonds is 8. The van der Waals surface area contributed by atoms with Gasteiger partial charge in [-0.3, -0.25) is 23.9 Å². The van der Waals surface area contributed by atoms with Gasteiger partial charge in [0, 0.05) is 19.6 Å². The van der Waals surface area contributed by atoms with E-state index in [4.69, 9.17) is 4.74 Å². The molecule has 10 heteroatoms. The molecule has 0 fully saturated rings. The van der Waals surface area contributed by atoms with Crippen molar-refractivity contribution >= 4 is 11.9 Å². The third-order valence-corrected chi connectivity index (χ3v) is 6.59. The van der Waals surface area contributed by atoms with Crippen LogP contribution in [0.1, 0.15) is 48.2 Å². The molecule has 0 saturated heterocycles. The molecule has 37 heavy (non-hydrogen) atoms. The van der Waals surface area contributed by atoms with E-state index in [1.807, 2.05) is 30.3 Å². The Labute approximate surface area is 213 Å². The summed E-state index contributed by atoms with van der Waals surface area (Å²) in [6.45, 7) is 5.77. The van der Waals surface area contributed by atoms with E-state index in [1.165, 1.54) is 16.7 Å². The number of hydrogen-bond acceptors (Lipinski definition) is 6. The third-order valence-electron chi connectivity index (χ3n) is 6.59. The molecule has 2 aromatic carbocycles. The van der Waals surface area contributed by atoms with E-state index in [-0.39, 0.29) is 37.0 Å². The molecule has 0 radical (unpaired) electrons. The number of carboxylic acids is 1. The van der Waals surface area contributed by atoms with Crippen LogP contribution < -0.4 is 15.6 Å². The van der Waals surface area contributed by atoms with E-state index >= 15 is 0 Å². The number of hydrogen-bond donors (Lipinski definition) is 2. The highest BCUT2D eigenvalue weighted by Crippen LogP contribution is 2.32. The second-order valence-corrected chi connectivity index (χ2v) is 9.42. The highest BCUT2D eigenvalue weighted by Gasteiger charge is 2.42. The molecule has 2 heterocycles. The van der Waals surface area contributed by atoms with Gasteiger partial charge in [-0.1, -0.05) is 42.5 Å². The monoisotopic (exact) mass is 508 g/mol. The number of amides is 1. The largest absolute Gasteiger partial charge is 0.481 e. The first-order valence-electron chi connectivity index (χ1n) is 11.9. The molecule has 0 aliphatic carbocycles. The van der Waals surface area contributed by atoms with E-state index < -0.39 is 34.8 Å². The number of aliphatic carboxylic acids is 1. The first-order chi connectivity index (χ1) is 17.6. The normalized spacial score (nSPS) is 15.5. The van der Waals surface area contributed by atoms with Crippen molar-refractivity contribution < 1.29 is 23.8 Å². The van der Waals surface area contributed by atoms with Crippen molar-refractivity contribution in [2.75, 3.05) is 6.54 Å². The summed E-state index contributed by atoms with van der Waals surface area (Å²) in [7, 11) is 0. The number of nitrogens with zero attached hydrogens (tertiary/aromatic N) is 3. The number of fused-ring (bicyclic) bond motifs is 1. The zero-order valence-electron chi connectivity index (χ0n) is 20.9. The average Bonchev–Trinajstić information content (AvgIpc) is 2.88. The van der Waals surface area contributed by atoms with Crippen molar-refractivity contribution in [3.63, 3.8) is 0 Å². The lowest BCUT2D eigenvalue weighted by molar-refractivity contribution is -0.146. The number of carbonyl (C=O) groups excluding carboxylic acids is 1. The van der Waals surface area contributed by atoms with Crippen LogP contribution in [0.2, 0.25) is 0 Å². The Balaban J connectivity index is 1.73. The van der Waals surface area contributed by atoms with Crippen molar-refractivity contribution in [1.82, 2.24) is 19.8 Å². The lowest BCUT2D eigenvalue weighted by atomic mass is 9.96.